The number of nitrogens with zero attached hydrogens (tertiary/aromatic N) is 3. The first kappa shape index (κ1) is 31.6. The fourth-order valence-electron chi connectivity index (χ4n) is 6.70. The van der Waals surface area contributed by atoms with Crippen LogP contribution in [0.1, 0.15) is 74.7 Å². The first-order valence-electron chi connectivity index (χ1n) is 15.4. The molecule has 1 N–H and O–H groups in total. The van der Waals surface area contributed by atoms with Crippen LogP contribution in [0.2, 0.25) is 0 Å². The first-order valence-corrected chi connectivity index (χ1v) is 15.4. The minimum atomic E-state index is -1.02. The maximum absolute atomic E-state index is 14.4. The second-order valence-electron chi connectivity index (χ2n) is 12.7. The lowest BCUT2D eigenvalue weighted by Crippen LogP contribution is -2.62. The van der Waals surface area contributed by atoms with E-state index >= 15 is 0 Å². The predicted molar refractivity (Wildman–Crippen MR) is 165 cm³/mol. The molecule has 4 amide bonds. The van der Waals surface area contributed by atoms with Gasteiger partial charge in [0.25, 0.3) is 0 Å². The van der Waals surface area contributed by atoms with Crippen molar-refractivity contribution in [3.63, 3.8) is 0 Å². The predicted octanol–water partition coefficient (Wildman–Crippen LogP) is 7.65. The average molecular weight is 607 g/mol. The molecule has 9 heteroatoms. The van der Waals surface area contributed by atoms with Gasteiger partial charge in [-0.2, -0.15) is 0 Å². The minimum Gasteiger partial charge on any atom is -0.338 e. The molecular weight excluding hydrogens is 565 g/mol. The molecule has 0 aromatic heterocycles. The zero-order valence-corrected chi connectivity index (χ0v) is 25.6. The second-order valence-corrected chi connectivity index (χ2v) is 12.7. The van der Waals surface area contributed by atoms with E-state index in [0.29, 0.717) is 31.0 Å². The largest absolute Gasteiger partial charge is 0.338 e. The Hall–Kier alpha value is -3.85. The van der Waals surface area contributed by atoms with Crippen molar-refractivity contribution in [3.05, 3.63) is 107 Å². The Balaban J connectivity index is 1.25. The Morgan fingerprint density at radius 3 is 2.25 bits per heavy atom. The molecule has 2 aliphatic heterocycles. The van der Waals surface area contributed by atoms with Gasteiger partial charge in [-0.15, -0.1) is 0 Å². The van der Waals surface area contributed by atoms with E-state index in [-0.39, 0.29) is 11.9 Å². The molecule has 0 spiro atoms. The summed E-state index contributed by atoms with van der Waals surface area (Å²) in [5, 5.41) is 2.93. The third-order valence-corrected chi connectivity index (χ3v) is 9.11. The van der Waals surface area contributed by atoms with E-state index in [1.165, 1.54) is 28.7 Å². The fourth-order valence-corrected chi connectivity index (χ4v) is 6.70. The number of hydrogen-bond donors (Lipinski definition) is 1. The molecule has 0 saturated carbocycles. The zero-order valence-electron chi connectivity index (χ0n) is 25.6. The maximum Gasteiger partial charge on any atom is 0.329 e. The van der Waals surface area contributed by atoms with Crippen LogP contribution in [0, 0.1) is 22.9 Å². The van der Waals surface area contributed by atoms with E-state index in [4.69, 9.17) is 0 Å². The van der Waals surface area contributed by atoms with Gasteiger partial charge in [-0.3, -0.25) is 0 Å². The van der Waals surface area contributed by atoms with Crippen LogP contribution in [0.4, 0.5) is 22.8 Å². The van der Waals surface area contributed by atoms with Crippen molar-refractivity contribution < 1.29 is 22.8 Å². The van der Waals surface area contributed by atoms with Gasteiger partial charge in [0.2, 0.25) is 0 Å². The summed E-state index contributed by atoms with van der Waals surface area (Å²) in [5.74, 6) is -1.81. The number of halogens is 3. The summed E-state index contributed by atoms with van der Waals surface area (Å²) in [6.45, 7) is 9.11. The quantitative estimate of drug-likeness (QED) is 0.268. The van der Waals surface area contributed by atoms with Gasteiger partial charge in [0, 0.05) is 18.5 Å². The van der Waals surface area contributed by atoms with Crippen LogP contribution in [0.15, 0.2) is 72.8 Å². The van der Waals surface area contributed by atoms with Crippen molar-refractivity contribution in [1.82, 2.24) is 20.0 Å². The minimum absolute atomic E-state index is 0.224. The summed E-state index contributed by atoms with van der Waals surface area (Å²) in [7, 11) is 0. The highest BCUT2D eigenvalue weighted by atomic mass is 19.2. The molecule has 0 aliphatic carbocycles. The molecule has 44 heavy (non-hydrogen) atoms. The summed E-state index contributed by atoms with van der Waals surface area (Å²) < 4.78 is 41.6. The molecule has 0 bridgehead atoms. The van der Waals surface area contributed by atoms with E-state index in [1.54, 1.807) is 4.90 Å². The van der Waals surface area contributed by atoms with Gasteiger partial charge in [-0.05, 0) is 92.7 Å². The number of amides is 4. The number of carbonyl (C=O) groups excluding carboxylic acids is 2. The number of urea groups is 2. The molecule has 2 heterocycles. The van der Waals surface area contributed by atoms with E-state index < -0.39 is 35.2 Å². The molecule has 3 aromatic carbocycles. The van der Waals surface area contributed by atoms with Crippen LogP contribution >= 0.6 is 0 Å². The third-order valence-electron chi connectivity index (χ3n) is 9.11. The lowest BCUT2D eigenvalue weighted by atomic mass is 9.77. The van der Waals surface area contributed by atoms with Crippen LogP contribution in [0.5, 0.6) is 0 Å². The topological polar surface area (TPSA) is 55.9 Å². The maximum atomic E-state index is 14.4. The van der Waals surface area contributed by atoms with E-state index in [9.17, 15) is 22.8 Å². The first-order chi connectivity index (χ1) is 21.0. The number of imide groups is 1. The van der Waals surface area contributed by atoms with Crippen molar-refractivity contribution in [2.24, 2.45) is 5.41 Å². The van der Waals surface area contributed by atoms with Gasteiger partial charge < -0.3 is 15.1 Å². The van der Waals surface area contributed by atoms with Crippen molar-refractivity contribution >= 4 is 12.1 Å². The van der Waals surface area contributed by atoms with E-state index in [2.05, 4.69) is 10.2 Å². The normalized spacial score (nSPS) is 20.0. The summed E-state index contributed by atoms with van der Waals surface area (Å²) in [6.07, 6.45) is 2.67. The van der Waals surface area contributed by atoms with Crippen LogP contribution in [-0.4, -0.2) is 59.5 Å². The summed E-state index contributed by atoms with van der Waals surface area (Å²) >= 11 is 0. The SMILES string of the molecule is C[C@H](c1ccccc1)N1CC(C)(C)[C@@H](c2ccc(F)c(F)c2)N(C(=O)NCCCN2CCC(c3ccc(F)cc3)CC2)C1=O. The van der Waals surface area contributed by atoms with Crippen LogP contribution in [0.25, 0.3) is 0 Å². The van der Waals surface area contributed by atoms with Crippen molar-refractivity contribution in [3.8, 4) is 0 Å². The fraction of sp³-hybridized carbons (Fsp3) is 0.429. The highest BCUT2D eigenvalue weighted by molar-refractivity contribution is 5.95. The smallest absolute Gasteiger partial charge is 0.329 e. The summed E-state index contributed by atoms with van der Waals surface area (Å²) in [5.41, 5.74) is 1.80. The molecule has 2 aliphatic rings. The molecule has 2 fully saturated rings. The second kappa shape index (κ2) is 13.4. The monoisotopic (exact) mass is 606 g/mol. The molecule has 234 valence electrons. The average Bonchev–Trinajstić information content (AvgIpc) is 3.02. The Morgan fingerprint density at radius 2 is 1.59 bits per heavy atom. The highest BCUT2D eigenvalue weighted by Crippen LogP contribution is 2.45. The molecule has 6 nitrogen and oxygen atoms in total. The molecule has 0 unspecified atom stereocenters. The lowest BCUT2D eigenvalue weighted by Gasteiger charge is -2.51. The number of rotatable bonds is 8. The number of carbonyl (C=O) groups is 2. The van der Waals surface area contributed by atoms with E-state index in [1.807, 2.05) is 63.2 Å². The number of likely N-dealkylation sites (tertiary alicyclic amines) is 1. The molecule has 5 rings (SSSR count). The standard InChI is InChI=1S/C35H41F3N4O2/c1-24(25-8-5-4-6-9-25)41-23-35(2,3)32(28-12-15-30(37)31(38)22-28)42(34(41)44)33(43)39-18-7-19-40-20-16-27(17-21-40)26-10-13-29(36)14-11-26/h4-6,8-15,22,24,27,32H,7,16-21,23H2,1-3H3,(H,39,43)/t24-,32-/m1/s1. The summed E-state index contributed by atoms with van der Waals surface area (Å²) in [4.78, 5) is 33.0. The van der Waals surface area contributed by atoms with Crippen LogP contribution in [-0.2, 0) is 0 Å². The van der Waals surface area contributed by atoms with Gasteiger partial charge in [-0.1, -0.05) is 62.4 Å². The highest BCUT2D eigenvalue weighted by Gasteiger charge is 2.50. The number of hydrogen-bond acceptors (Lipinski definition) is 3. The Labute approximate surface area is 257 Å². The van der Waals surface area contributed by atoms with Crippen LogP contribution in [0.3, 0.4) is 0 Å². The van der Waals surface area contributed by atoms with Crippen molar-refractivity contribution in [2.45, 2.75) is 58.0 Å². The van der Waals surface area contributed by atoms with Gasteiger partial charge in [0.1, 0.15) is 5.82 Å². The Kier molecular flexibility index (Phi) is 9.63. The molecule has 2 saturated heterocycles. The zero-order chi connectivity index (χ0) is 31.4. The number of benzene rings is 3. The third kappa shape index (κ3) is 6.93. The van der Waals surface area contributed by atoms with Crippen molar-refractivity contribution in [1.29, 1.82) is 0 Å². The number of nitrogens with one attached hydrogen (secondary N) is 1. The Bertz CT molecular complexity index is 1440. The molecule has 0 radical (unpaired) electrons. The number of piperidine rings is 1. The van der Waals surface area contributed by atoms with Crippen LogP contribution < -0.4 is 5.32 Å². The van der Waals surface area contributed by atoms with Gasteiger partial charge >= 0.3 is 12.1 Å². The van der Waals surface area contributed by atoms with Crippen molar-refractivity contribution in [2.75, 3.05) is 32.7 Å². The van der Waals surface area contributed by atoms with Gasteiger partial charge in [0.15, 0.2) is 11.6 Å². The van der Waals surface area contributed by atoms with E-state index in [0.717, 1.165) is 50.2 Å². The van der Waals surface area contributed by atoms with Gasteiger partial charge in [-0.25, -0.2) is 27.7 Å². The summed E-state index contributed by atoms with van der Waals surface area (Å²) in [6, 6.07) is 17.8. The lowest BCUT2D eigenvalue weighted by molar-refractivity contribution is 0.0233. The Morgan fingerprint density at radius 1 is 0.932 bits per heavy atom. The molecule has 3 aromatic rings. The van der Waals surface area contributed by atoms with Gasteiger partial charge in [0.05, 0.1) is 12.1 Å². The molecular formula is C35H41F3N4O2. The molecule has 2 atom stereocenters.